The molecule has 0 radical (unpaired) electrons. The van der Waals surface area contributed by atoms with Gasteiger partial charge in [0.05, 0.1) is 5.97 Å². The molecule has 0 heterocycles. The van der Waals surface area contributed by atoms with Crippen molar-refractivity contribution >= 4 is 5.97 Å². The van der Waals surface area contributed by atoms with Crippen LogP contribution >= 0.6 is 0 Å². The van der Waals surface area contributed by atoms with Crippen molar-refractivity contribution in [3.63, 3.8) is 0 Å². The van der Waals surface area contributed by atoms with Crippen LogP contribution in [-0.2, 0) is 4.79 Å². The molecular weight excluding hydrogens is 293 g/mol. The van der Waals surface area contributed by atoms with E-state index in [1.165, 1.54) is 77.0 Å². The summed E-state index contributed by atoms with van der Waals surface area (Å²) >= 11 is 0. The number of carbonyl (C=O) groups excluding carboxylic acids is 1. The first kappa shape index (κ1) is 26.3. The molecule has 0 aromatic carbocycles. The van der Waals surface area contributed by atoms with E-state index in [2.05, 4.69) is 18.7 Å². The van der Waals surface area contributed by atoms with Gasteiger partial charge in [-0.1, -0.05) is 90.9 Å². The first-order chi connectivity index (χ1) is 11.2. The normalized spacial score (nSPS) is 10.8. The Morgan fingerprint density at radius 1 is 0.667 bits per heavy atom. The second-order valence-electron chi connectivity index (χ2n) is 6.89. The van der Waals surface area contributed by atoms with E-state index in [-0.39, 0.29) is 25.4 Å². The van der Waals surface area contributed by atoms with E-state index in [0.29, 0.717) is 0 Å². The molecule has 0 spiro atoms. The number of rotatable bonds is 18. The average Bonchev–Trinajstić information content (AvgIpc) is 2.52. The van der Waals surface area contributed by atoms with Crippen molar-refractivity contribution in [3.05, 3.63) is 0 Å². The third-order valence-electron chi connectivity index (χ3n) is 4.51. The minimum Gasteiger partial charge on any atom is -0.549 e. The monoisotopic (exact) mass is 333 g/mol. The van der Waals surface area contributed by atoms with Crippen LogP contribution in [0, 0.1) is 0 Å². The molecule has 0 saturated carbocycles. The molecule has 0 rings (SSSR count). The summed E-state index contributed by atoms with van der Waals surface area (Å²) in [7, 11) is 0. The summed E-state index contributed by atoms with van der Waals surface area (Å²) in [4.78, 5) is 12.9. The van der Waals surface area contributed by atoms with E-state index in [1.807, 2.05) is 0 Å². The van der Waals surface area contributed by atoms with Crippen LogP contribution in [0.3, 0.4) is 0 Å². The molecule has 0 unspecified atom stereocenters. The number of aliphatic carboxylic acids is 1. The summed E-state index contributed by atoms with van der Waals surface area (Å²) < 4.78 is 0. The molecule has 0 atom stereocenters. The van der Waals surface area contributed by atoms with Gasteiger partial charge in [0.25, 0.3) is 0 Å². The molecule has 0 bridgehead atoms. The Labute approximate surface area is 163 Å². The SMILES string of the molecule is CCCCCCCCCN(CCCCCCCCC)CC(=O)[O-].[Li+]. The zero-order valence-electron chi connectivity index (χ0n) is 16.8. The van der Waals surface area contributed by atoms with Crippen LogP contribution in [-0.4, -0.2) is 30.5 Å². The summed E-state index contributed by atoms with van der Waals surface area (Å²) in [5.74, 6) is -0.934. The fraction of sp³-hybridized carbons (Fsp3) is 0.950. The van der Waals surface area contributed by atoms with Crippen molar-refractivity contribution in [3.8, 4) is 0 Å². The Balaban J connectivity index is 0. The number of hydrogen-bond acceptors (Lipinski definition) is 3. The summed E-state index contributed by atoms with van der Waals surface area (Å²) in [5.41, 5.74) is 0. The van der Waals surface area contributed by atoms with Gasteiger partial charge in [0, 0.05) is 6.54 Å². The molecule has 0 N–H and O–H groups in total. The molecular formula is C20H40LiNO2. The summed E-state index contributed by atoms with van der Waals surface area (Å²) in [6, 6.07) is 0. The maximum atomic E-state index is 10.9. The zero-order chi connectivity index (χ0) is 17.2. The molecule has 0 aliphatic heterocycles. The van der Waals surface area contributed by atoms with Crippen molar-refractivity contribution in [2.75, 3.05) is 19.6 Å². The van der Waals surface area contributed by atoms with Crippen molar-refractivity contribution in [2.24, 2.45) is 0 Å². The van der Waals surface area contributed by atoms with Gasteiger partial charge >= 0.3 is 18.9 Å². The smallest absolute Gasteiger partial charge is 0.549 e. The molecule has 0 aromatic heterocycles. The van der Waals surface area contributed by atoms with Crippen molar-refractivity contribution < 1.29 is 28.8 Å². The number of carboxylic acid groups (broad SMARTS) is 1. The fourth-order valence-corrected chi connectivity index (χ4v) is 3.04. The zero-order valence-corrected chi connectivity index (χ0v) is 16.8. The number of carbonyl (C=O) groups is 1. The van der Waals surface area contributed by atoms with Gasteiger partial charge in [-0.15, -0.1) is 0 Å². The predicted molar refractivity (Wildman–Crippen MR) is 97.4 cm³/mol. The predicted octanol–water partition coefficient (Wildman–Crippen LogP) is 1.54. The average molecular weight is 333 g/mol. The number of nitrogens with zero attached hydrogens (tertiary/aromatic N) is 1. The molecule has 0 fully saturated rings. The minimum absolute atomic E-state index is 0. The quantitative estimate of drug-likeness (QED) is 0.282. The molecule has 0 aliphatic carbocycles. The summed E-state index contributed by atoms with van der Waals surface area (Å²) in [5, 5.41) is 10.9. The van der Waals surface area contributed by atoms with Crippen LogP contribution in [0.1, 0.15) is 104 Å². The van der Waals surface area contributed by atoms with E-state index in [9.17, 15) is 9.90 Å². The number of unbranched alkanes of at least 4 members (excludes halogenated alkanes) is 12. The van der Waals surface area contributed by atoms with Crippen LogP contribution in [0.4, 0.5) is 0 Å². The van der Waals surface area contributed by atoms with E-state index < -0.39 is 5.97 Å². The Hall–Kier alpha value is 0.0274. The Morgan fingerprint density at radius 2 is 1.00 bits per heavy atom. The van der Waals surface area contributed by atoms with Crippen molar-refractivity contribution in [1.82, 2.24) is 4.90 Å². The van der Waals surface area contributed by atoms with E-state index in [4.69, 9.17) is 0 Å². The van der Waals surface area contributed by atoms with Crippen LogP contribution in [0.25, 0.3) is 0 Å². The van der Waals surface area contributed by atoms with Crippen molar-refractivity contribution in [1.29, 1.82) is 0 Å². The Morgan fingerprint density at radius 3 is 1.33 bits per heavy atom. The van der Waals surface area contributed by atoms with Gasteiger partial charge in [-0.2, -0.15) is 0 Å². The summed E-state index contributed by atoms with van der Waals surface area (Å²) in [6.45, 7) is 6.41. The first-order valence-electron chi connectivity index (χ1n) is 10.1. The molecule has 0 amide bonds. The Bertz CT molecular complexity index is 244. The van der Waals surface area contributed by atoms with E-state index in [0.717, 1.165) is 25.9 Å². The second-order valence-corrected chi connectivity index (χ2v) is 6.89. The van der Waals surface area contributed by atoms with Gasteiger partial charge in [0.1, 0.15) is 0 Å². The molecule has 0 saturated heterocycles. The maximum Gasteiger partial charge on any atom is 1.00 e. The maximum absolute atomic E-state index is 10.9. The van der Waals surface area contributed by atoms with Crippen LogP contribution < -0.4 is 24.0 Å². The second kappa shape index (κ2) is 21.1. The first-order valence-corrected chi connectivity index (χ1v) is 10.1. The van der Waals surface area contributed by atoms with Gasteiger partial charge in [0.15, 0.2) is 0 Å². The van der Waals surface area contributed by atoms with Gasteiger partial charge in [-0.3, -0.25) is 4.90 Å². The van der Waals surface area contributed by atoms with Gasteiger partial charge in [-0.05, 0) is 25.9 Å². The molecule has 138 valence electrons. The van der Waals surface area contributed by atoms with Crippen LogP contribution in [0.5, 0.6) is 0 Å². The number of carboxylic acids is 1. The third-order valence-corrected chi connectivity index (χ3v) is 4.51. The largest absolute Gasteiger partial charge is 1.00 e. The molecule has 3 nitrogen and oxygen atoms in total. The van der Waals surface area contributed by atoms with Crippen molar-refractivity contribution in [2.45, 2.75) is 104 Å². The molecule has 4 heteroatoms. The minimum atomic E-state index is -0.934. The third kappa shape index (κ3) is 20.1. The standard InChI is InChI=1S/C20H41NO2.Li/c1-3-5-7-9-11-13-15-17-21(19-20(22)23)18-16-14-12-10-8-6-4-2;/h3-19H2,1-2H3,(H,22,23);/q;+1/p-1. The van der Waals surface area contributed by atoms with Crippen LogP contribution in [0.15, 0.2) is 0 Å². The van der Waals surface area contributed by atoms with Gasteiger partial charge in [0.2, 0.25) is 0 Å². The molecule has 0 aliphatic rings. The van der Waals surface area contributed by atoms with E-state index >= 15 is 0 Å². The molecule has 0 aromatic rings. The summed E-state index contributed by atoms with van der Waals surface area (Å²) in [6.07, 6.45) is 17.9. The topological polar surface area (TPSA) is 43.4 Å². The number of hydrogen-bond donors (Lipinski definition) is 0. The Kier molecular flexibility index (Phi) is 23.1. The van der Waals surface area contributed by atoms with Crippen LogP contribution in [0.2, 0.25) is 0 Å². The molecule has 24 heavy (non-hydrogen) atoms. The van der Waals surface area contributed by atoms with Gasteiger partial charge in [-0.25, -0.2) is 0 Å². The fourth-order valence-electron chi connectivity index (χ4n) is 3.04. The van der Waals surface area contributed by atoms with E-state index in [1.54, 1.807) is 0 Å². The van der Waals surface area contributed by atoms with Gasteiger partial charge < -0.3 is 9.90 Å².